The number of nitrogens with zero attached hydrogens (tertiary/aromatic N) is 1. The molecule has 1 unspecified atom stereocenters. The summed E-state index contributed by atoms with van der Waals surface area (Å²) in [5, 5.41) is 8.86. The molecule has 0 aromatic carbocycles. The van der Waals surface area contributed by atoms with Gasteiger partial charge in [-0.3, -0.25) is 0 Å². The van der Waals surface area contributed by atoms with Crippen LogP contribution in [0.3, 0.4) is 0 Å². The third kappa shape index (κ3) is 1.85. The summed E-state index contributed by atoms with van der Waals surface area (Å²) in [6.07, 6.45) is 10.9. The highest BCUT2D eigenvalue weighted by Gasteiger charge is 2.16. The minimum Gasteiger partial charge on any atom is -0.197 e. The maximum atomic E-state index is 8.86. The number of hydrogen-bond donors (Lipinski definition) is 0. The van der Waals surface area contributed by atoms with Gasteiger partial charge in [0.15, 0.2) is 0 Å². The van der Waals surface area contributed by atoms with Crippen LogP contribution in [0.1, 0.15) is 20.3 Å². The van der Waals surface area contributed by atoms with Crippen LogP contribution in [-0.2, 0) is 0 Å². The smallest absolute Gasteiger partial charge is 0.0911 e. The molecular weight excluding hydrogens is 146 g/mol. The van der Waals surface area contributed by atoms with Gasteiger partial charge in [-0.25, -0.2) is 0 Å². The summed E-state index contributed by atoms with van der Waals surface area (Å²) in [7, 11) is 0. The lowest BCUT2D eigenvalue weighted by Crippen LogP contribution is -2.04. The molecule has 0 aliphatic heterocycles. The number of hydrogen-bond acceptors (Lipinski definition) is 1. The van der Waals surface area contributed by atoms with E-state index in [1.54, 1.807) is 0 Å². The average molecular weight is 159 g/mol. The zero-order valence-corrected chi connectivity index (χ0v) is 7.54. The van der Waals surface area contributed by atoms with Crippen LogP contribution in [-0.4, -0.2) is 0 Å². The Hall–Kier alpha value is -1.29. The fourth-order valence-electron chi connectivity index (χ4n) is 1.07. The second-order valence-corrected chi connectivity index (χ2v) is 3.18. The standard InChI is InChI=1S/C11H13N/c1-3-10-5-4-7-11(2,9-12)8-6-10/h4-8H,3H2,1-2H3. The molecule has 0 saturated heterocycles. The molecule has 1 rings (SSSR count). The zero-order chi connectivity index (χ0) is 9.03. The van der Waals surface area contributed by atoms with Gasteiger partial charge in [-0.05, 0) is 18.9 Å². The predicted octanol–water partition coefficient (Wildman–Crippen LogP) is 2.98. The summed E-state index contributed by atoms with van der Waals surface area (Å²) < 4.78 is 0. The second-order valence-electron chi connectivity index (χ2n) is 3.18. The van der Waals surface area contributed by atoms with E-state index in [-0.39, 0.29) is 0 Å². The lowest BCUT2D eigenvalue weighted by atomic mass is 9.92. The van der Waals surface area contributed by atoms with Crippen LogP contribution in [0, 0.1) is 16.7 Å². The molecule has 0 aromatic heterocycles. The molecule has 1 heteroatoms. The number of allylic oxidation sites excluding steroid dienone is 6. The quantitative estimate of drug-likeness (QED) is 0.577. The first-order chi connectivity index (χ1) is 5.70. The summed E-state index contributed by atoms with van der Waals surface area (Å²) >= 11 is 0. The lowest BCUT2D eigenvalue weighted by Gasteiger charge is -2.08. The molecule has 0 aromatic rings. The number of rotatable bonds is 1. The molecule has 0 spiro atoms. The number of nitriles is 1. The van der Waals surface area contributed by atoms with E-state index in [0.717, 1.165) is 6.42 Å². The van der Waals surface area contributed by atoms with E-state index >= 15 is 0 Å². The van der Waals surface area contributed by atoms with E-state index in [2.05, 4.69) is 19.1 Å². The lowest BCUT2D eigenvalue weighted by molar-refractivity contribution is 0.736. The summed E-state index contributed by atoms with van der Waals surface area (Å²) in [5.74, 6) is 0. The van der Waals surface area contributed by atoms with Crippen LogP contribution < -0.4 is 0 Å². The minimum absolute atomic E-state index is 0.423. The van der Waals surface area contributed by atoms with Crippen molar-refractivity contribution in [3.63, 3.8) is 0 Å². The molecule has 62 valence electrons. The van der Waals surface area contributed by atoms with Crippen molar-refractivity contribution in [1.29, 1.82) is 5.26 Å². The van der Waals surface area contributed by atoms with Crippen LogP contribution in [0.2, 0.25) is 0 Å². The van der Waals surface area contributed by atoms with E-state index in [0.29, 0.717) is 0 Å². The molecule has 1 nitrogen and oxygen atoms in total. The molecule has 12 heavy (non-hydrogen) atoms. The molecule has 0 heterocycles. The van der Waals surface area contributed by atoms with E-state index in [4.69, 9.17) is 5.26 Å². The summed E-state index contributed by atoms with van der Waals surface area (Å²) in [5.41, 5.74) is 0.846. The third-order valence-corrected chi connectivity index (χ3v) is 2.05. The van der Waals surface area contributed by atoms with Crippen LogP contribution in [0.4, 0.5) is 0 Å². The van der Waals surface area contributed by atoms with Crippen molar-refractivity contribution in [3.8, 4) is 6.07 Å². The fraction of sp³-hybridized carbons (Fsp3) is 0.364. The molecule has 0 radical (unpaired) electrons. The fourth-order valence-corrected chi connectivity index (χ4v) is 1.07. The summed E-state index contributed by atoms with van der Waals surface area (Å²) in [6.45, 7) is 4.02. The summed E-state index contributed by atoms with van der Waals surface area (Å²) in [6, 6.07) is 2.26. The first kappa shape index (κ1) is 8.80. The Morgan fingerprint density at radius 1 is 1.50 bits per heavy atom. The van der Waals surface area contributed by atoms with Crippen molar-refractivity contribution in [2.24, 2.45) is 5.41 Å². The van der Waals surface area contributed by atoms with Crippen molar-refractivity contribution < 1.29 is 0 Å². The molecule has 0 fully saturated rings. The van der Waals surface area contributed by atoms with Gasteiger partial charge in [-0.1, -0.05) is 37.3 Å². The van der Waals surface area contributed by atoms with Gasteiger partial charge >= 0.3 is 0 Å². The average Bonchev–Trinajstić information content (AvgIpc) is 2.28. The minimum atomic E-state index is -0.423. The first-order valence-electron chi connectivity index (χ1n) is 4.19. The van der Waals surface area contributed by atoms with Gasteiger partial charge in [0.2, 0.25) is 0 Å². The topological polar surface area (TPSA) is 23.8 Å². The van der Waals surface area contributed by atoms with Gasteiger partial charge in [0.1, 0.15) is 0 Å². The highest BCUT2D eigenvalue weighted by Crippen LogP contribution is 2.23. The molecular formula is C11H13N. The highest BCUT2D eigenvalue weighted by atomic mass is 14.3. The Bertz CT molecular complexity index is 289. The van der Waals surface area contributed by atoms with Crippen molar-refractivity contribution in [3.05, 3.63) is 36.0 Å². The van der Waals surface area contributed by atoms with Crippen LogP contribution in [0.15, 0.2) is 36.0 Å². The normalized spacial score (nSPS) is 27.6. The van der Waals surface area contributed by atoms with Gasteiger partial charge in [-0.15, -0.1) is 0 Å². The zero-order valence-electron chi connectivity index (χ0n) is 7.54. The SMILES string of the molecule is CCC1=CC=CC(C)(C#N)C=C1. The molecule has 1 aliphatic rings. The van der Waals surface area contributed by atoms with E-state index < -0.39 is 5.41 Å². The molecule has 1 atom stereocenters. The van der Waals surface area contributed by atoms with Gasteiger partial charge < -0.3 is 0 Å². The Labute approximate surface area is 73.7 Å². The van der Waals surface area contributed by atoms with E-state index in [1.165, 1.54) is 5.57 Å². The Morgan fingerprint density at radius 2 is 2.25 bits per heavy atom. The Morgan fingerprint density at radius 3 is 2.83 bits per heavy atom. The Kier molecular flexibility index (Phi) is 2.50. The van der Waals surface area contributed by atoms with Crippen molar-refractivity contribution in [1.82, 2.24) is 0 Å². The van der Waals surface area contributed by atoms with Gasteiger partial charge in [0.25, 0.3) is 0 Å². The second kappa shape index (κ2) is 3.40. The van der Waals surface area contributed by atoms with E-state index in [9.17, 15) is 0 Å². The van der Waals surface area contributed by atoms with Crippen LogP contribution in [0.5, 0.6) is 0 Å². The first-order valence-corrected chi connectivity index (χ1v) is 4.19. The summed E-state index contributed by atoms with van der Waals surface area (Å²) in [4.78, 5) is 0. The monoisotopic (exact) mass is 159 g/mol. The Balaban J connectivity index is 2.92. The van der Waals surface area contributed by atoms with E-state index in [1.807, 2.05) is 31.2 Å². The van der Waals surface area contributed by atoms with Crippen molar-refractivity contribution in [2.75, 3.05) is 0 Å². The van der Waals surface area contributed by atoms with Crippen molar-refractivity contribution >= 4 is 0 Å². The van der Waals surface area contributed by atoms with Crippen LogP contribution >= 0.6 is 0 Å². The maximum absolute atomic E-state index is 8.86. The van der Waals surface area contributed by atoms with Crippen molar-refractivity contribution in [2.45, 2.75) is 20.3 Å². The van der Waals surface area contributed by atoms with Crippen LogP contribution in [0.25, 0.3) is 0 Å². The maximum Gasteiger partial charge on any atom is 0.0911 e. The predicted molar refractivity (Wildman–Crippen MR) is 50.4 cm³/mol. The van der Waals surface area contributed by atoms with Gasteiger partial charge in [0, 0.05) is 0 Å². The molecule has 0 N–H and O–H groups in total. The van der Waals surface area contributed by atoms with Gasteiger partial charge in [0.05, 0.1) is 11.5 Å². The molecule has 1 aliphatic carbocycles. The third-order valence-electron chi connectivity index (χ3n) is 2.05. The largest absolute Gasteiger partial charge is 0.197 e. The van der Waals surface area contributed by atoms with Gasteiger partial charge in [-0.2, -0.15) is 5.26 Å². The molecule has 0 bridgehead atoms. The molecule has 0 saturated carbocycles. The highest BCUT2D eigenvalue weighted by molar-refractivity contribution is 5.34. The molecule has 0 amide bonds.